The van der Waals surface area contributed by atoms with Gasteiger partial charge in [-0.2, -0.15) is 0 Å². The number of halogens is 1. The first-order valence-corrected chi connectivity index (χ1v) is 9.20. The molecule has 0 aromatic carbocycles. The van der Waals surface area contributed by atoms with Crippen molar-refractivity contribution in [1.29, 1.82) is 0 Å². The predicted molar refractivity (Wildman–Crippen MR) is 89.1 cm³/mol. The number of rotatable bonds is 6. The highest BCUT2D eigenvalue weighted by molar-refractivity contribution is 7.15. The summed E-state index contributed by atoms with van der Waals surface area (Å²) in [6.45, 7) is 7.34. The van der Waals surface area contributed by atoms with E-state index >= 15 is 0 Å². The lowest BCUT2D eigenvalue weighted by Crippen LogP contribution is -2.29. The van der Waals surface area contributed by atoms with Crippen molar-refractivity contribution in [3.05, 3.63) is 31.6 Å². The molecule has 1 saturated heterocycles. The Morgan fingerprint density at radius 2 is 2.33 bits per heavy atom. The van der Waals surface area contributed by atoms with Gasteiger partial charge in [0, 0.05) is 35.6 Å². The van der Waals surface area contributed by atoms with Gasteiger partial charge in [0.25, 0.3) is 0 Å². The molecule has 0 radical (unpaired) electrons. The fourth-order valence-corrected chi connectivity index (χ4v) is 4.52. The molecule has 1 aliphatic heterocycles. The summed E-state index contributed by atoms with van der Waals surface area (Å²) in [5.41, 5.74) is 3.08. The van der Waals surface area contributed by atoms with Crippen molar-refractivity contribution in [3.8, 4) is 0 Å². The van der Waals surface area contributed by atoms with Gasteiger partial charge in [0.2, 0.25) is 0 Å². The molecule has 1 atom stereocenters. The molecular weight excluding hydrogens is 324 g/mol. The third-order valence-corrected chi connectivity index (χ3v) is 5.82. The molecule has 3 rings (SSSR count). The Labute approximate surface area is 138 Å². The molecule has 7 heteroatoms. The maximum Gasteiger partial charge on any atom is 0.183 e. The molecule has 0 spiro atoms. The van der Waals surface area contributed by atoms with Crippen LogP contribution in [0.15, 0.2) is 11.7 Å². The van der Waals surface area contributed by atoms with Crippen LogP contribution >= 0.6 is 34.3 Å². The zero-order valence-electron chi connectivity index (χ0n) is 12.0. The topological polar surface area (TPSA) is 41.1 Å². The Kier molecular flexibility index (Phi) is 5.24. The fraction of sp³-hybridized carbons (Fsp3) is 0.571. The average molecular weight is 343 g/mol. The van der Waals surface area contributed by atoms with E-state index in [0.717, 1.165) is 44.3 Å². The van der Waals surface area contributed by atoms with E-state index in [1.165, 1.54) is 16.2 Å². The smallest absolute Gasteiger partial charge is 0.183 e. The van der Waals surface area contributed by atoms with Gasteiger partial charge in [0.15, 0.2) is 4.47 Å². The molecule has 0 aliphatic carbocycles. The van der Waals surface area contributed by atoms with Crippen LogP contribution in [-0.4, -0.2) is 34.5 Å². The zero-order chi connectivity index (χ0) is 14.7. The van der Waals surface area contributed by atoms with Crippen molar-refractivity contribution < 1.29 is 0 Å². The van der Waals surface area contributed by atoms with E-state index < -0.39 is 0 Å². The third-order valence-electron chi connectivity index (χ3n) is 3.80. The zero-order valence-corrected chi connectivity index (χ0v) is 14.4. The normalized spacial score (nSPS) is 18.7. The second kappa shape index (κ2) is 7.15. The van der Waals surface area contributed by atoms with Gasteiger partial charge in [-0.3, -0.25) is 4.90 Å². The van der Waals surface area contributed by atoms with Gasteiger partial charge in [-0.1, -0.05) is 11.6 Å². The lowest BCUT2D eigenvalue weighted by atomic mass is 10.1. The number of nitrogens with zero attached hydrogens (tertiary/aromatic N) is 3. The van der Waals surface area contributed by atoms with E-state index in [0.29, 0.717) is 4.47 Å². The molecule has 0 amide bonds. The first-order valence-electron chi connectivity index (χ1n) is 7.13. The van der Waals surface area contributed by atoms with Crippen LogP contribution in [0.25, 0.3) is 0 Å². The Bertz CT molecular complexity index is 577. The predicted octanol–water partition coefficient (Wildman–Crippen LogP) is 3.17. The average Bonchev–Trinajstić information content (AvgIpc) is 3.16. The van der Waals surface area contributed by atoms with Gasteiger partial charge in [-0.15, -0.1) is 22.7 Å². The molecule has 1 fully saturated rings. The number of hydrogen-bond acceptors (Lipinski definition) is 6. The molecule has 0 bridgehead atoms. The van der Waals surface area contributed by atoms with E-state index in [-0.39, 0.29) is 0 Å². The lowest BCUT2D eigenvalue weighted by molar-refractivity contribution is 0.224. The molecule has 0 saturated carbocycles. The first-order chi connectivity index (χ1) is 10.2. The van der Waals surface area contributed by atoms with Crippen LogP contribution in [0.1, 0.15) is 21.9 Å². The SMILES string of the molecule is Cc1ncsc1CN(Cc1cnc(Cl)s1)CC1CCNC1. The van der Waals surface area contributed by atoms with E-state index in [2.05, 4.69) is 27.1 Å². The molecule has 4 nitrogen and oxygen atoms in total. The number of nitrogens with one attached hydrogen (secondary N) is 1. The quantitative estimate of drug-likeness (QED) is 0.875. The van der Waals surface area contributed by atoms with Gasteiger partial charge in [0.05, 0.1) is 11.2 Å². The lowest BCUT2D eigenvalue weighted by Gasteiger charge is -2.24. The molecule has 2 aromatic rings. The van der Waals surface area contributed by atoms with Crippen molar-refractivity contribution in [1.82, 2.24) is 20.2 Å². The highest BCUT2D eigenvalue weighted by atomic mass is 35.5. The maximum absolute atomic E-state index is 5.95. The first kappa shape index (κ1) is 15.4. The molecule has 3 heterocycles. The van der Waals surface area contributed by atoms with Gasteiger partial charge >= 0.3 is 0 Å². The summed E-state index contributed by atoms with van der Waals surface area (Å²) < 4.78 is 0.626. The standard InChI is InChI=1S/C14H19ClN4S2/c1-10-13(20-9-18-10)8-19(6-11-2-3-16-4-11)7-12-5-17-14(15)21-12/h5,9,11,16H,2-4,6-8H2,1H3. The van der Waals surface area contributed by atoms with Crippen molar-refractivity contribution in [2.75, 3.05) is 19.6 Å². The van der Waals surface area contributed by atoms with Crippen LogP contribution in [0.2, 0.25) is 4.47 Å². The molecular formula is C14H19ClN4S2. The molecule has 2 aromatic heterocycles. The minimum Gasteiger partial charge on any atom is -0.316 e. The van der Waals surface area contributed by atoms with Gasteiger partial charge in [0.1, 0.15) is 0 Å². The van der Waals surface area contributed by atoms with Crippen molar-refractivity contribution in [2.24, 2.45) is 5.92 Å². The van der Waals surface area contributed by atoms with Gasteiger partial charge in [-0.25, -0.2) is 9.97 Å². The van der Waals surface area contributed by atoms with Gasteiger partial charge < -0.3 is 5.32 Å². The van der Waals surface area contributed by atoms with Crippen molar-refractivity contribution in [3.63, 3.8) is 0 Å². The number of hydrogen-bond donors (Lipinski definition) is 1. The van der Waals surface area contributed by atoms with Crippen LogP contribution in [-0.2, 0) is 13.1 Å². The minimum absolute atomic E-state index is 0.626. The second-order valence-corrected chi connectivity index (χ2v) is 8.11. The van der Waals surface area contributed by atoms with E-state index in [1.54, 1.807) is 22.7 Å². The monoisotopic (exact) mass is 342 g/mol. The molecule has 21 heavy (non-hydrogen) atoms. The second-order valence-electron chi connectivity index (χ2n) is 5.47. The van der Waals surface area contributed by atoms with Crippen LogP contribution < -0.4 is 5.32 Å². The van der Waals surface area contributed by atoms with Crippen LogP contribution in [0, 0.1) is 12.8 Å². The number of aryl methyl sites for hydroxylation is 1. The molecule has 114 valence electrons. The van der Waals surface area contributed by atoms with E-state index in [4.69, 9.17) is 11.6 Å². The highest BCUT2D eigenvalue weighted by Crippen LogP contribution is 2.23. The molecule has 1 unspecified atom stereocenters. The van der Waals surface area contributed by atoms with Crippen LogP contribution in [0.3, 0.4) is 0 Å². The Morgan fingerprint density at radius 3 is 2.95 bits per heavy atom. The summed E-state index contributed by atoms with van der Waals surface area (Å²) in [7, 11) is 0. The van der Waals surface area contributed by atoms with E-state index in [9.17, 15) is 0 Å². The van der Waals surface area contributed by atoms with E-state index in [1.807, 2.05) is 11.7 Å². The maximum atomic E-state index is 5.95. The third kappa shape index (κ3) is 4.23. The van der Waals surface area contributed by atoms with Crippen LogP contribution in [0.4, 0.5) is 0 Å². The summed E-state index contributed by atoms with van der Waals surface area (Å²) in [4.78, 5) is 13.6. The number of thiazole rings is 2. The summed E-state index contributed by atoms with van der Waals surface area (Å²) in [6, 6.07) is 0. The van der Waals surface area contributed by atoms with Crippen molar-refractivity contribution in [2.45, 2.75) is 26.4 Å². The fourth-order valence-electron chi connectivity index (χ4n) is 2.68. The largest absolute Gasteiger partial charge is 0.316 e. The Balaban J connectivity index is 1.68. The summed E-state index contributed by atoms with van der Waals surface area (Å²) in [6.07, 6.45) is 3.16. The summed E-state index contributed by atoms with van der Waals surface area (Å²) in [5.74, 6) is 0.738. The highest BCUT2D eigenvalue weighted by Gasteiger charge is 2.20. The van der Waals surface area contributed by atoms with Crippen LogP contribution in [0.5, 0.6) is 0 Å². The molecule has 1 N–H and O–H groups in total. The minimum atomic E-state index is 0.626. The Hall–Kier alpha value is -0.530. The van der Waals surface area contributed by atoms with Gasteiger partial charge in [-0.05, 0) is 32.4 Å². The number of aromatic nitrogens is 2. The molecule has 1 aliphatic rings. The summed E-state index contributed by atoms with van der Waals surface area (Å²) in [5, 5.41) is 3.45. The van der Waals surface area contributed by atoms with Crippen molar-refractivity contribution >= 4 is 34.3 Å². The summed E-state index contributed by atoms with van der Waals surface area (Å²) >= 11 is 9.27. The Morgan fingerprint density at radius 1 is 1.43 bits per heavy atom.